The Morgan fingerprint density at radius 3 is 2.65 bits per heavy atom. The highest BCUT2D eigenvalue weighted by atomic mass is 16.3. The van der Waals surface area contributed by atoms with E-state index in [1.165, 1.54) is 12.5 Å². The Morgan fingerprint density at radius 1 is 1.29 bits per heavy atom. The van der Waals surface area contributed by atoms with Crippen molar-refractivity contribution in [1.29, 1.82) is 0 Å². The van der Waals surface area contributed by atoms with Crippen molar-refractivity contribution < 1.29 is 9.21 Å². The van der Waals surface area contributed by atoms with Gasteiger partial charge in [0.15, 0.2) is 0 Å². The van der Waals surface area contributed by atoms with E-state index >= 15 is 0 Å². The third-order valence-electron chi connectivity index (χ3n) is 2.53. The standard InChI is InChI=1S/C13H14N2O2/c14-8-12(10-4-2-1-3-5-10)15-13(16)11-6-7-17-9-11/h1-7,9,12H,8,14H2,(H,15,16). The number of hydrogen-bond donors (Lipinski definition) is 2. The average Bonchev–Trinajstić information content (AvgIpc) is 2.90. The zero-order chi connectivity index (χ0) is 12.1. The van der Waals surface area contributed by atoms with E-state index in [2.05, 4.69) is 5.32 Å². The molecule has 1 atom stereocenters. The summed E-state index contributed by atoms with van der Waals surface area (Å²) in [7, 11) is 0. The largest absolute Gasteiger partial charge is 0.472 e. The van der Waals surface area contributed by atoms with E-state index in [9.17, 15) is 4.79 Å². The lowest BCUT2D eigenvalue weighted by Crippen LogP contribution is -2.33. The Balaban J connectivity index is 2.09. The first-order valence-corrected chi connectivity index (χ1v) is 5.39. The van der Waals surface area contributed by atoms with Crippen LogP contribution in [0.15, 0.2) is 53.3 Å². The lowest BCUT2D eigenvalue weighted by Gasteiger charge is -2.16. The second-order valence-electron chi connectivity index (χ2n) is 3.68. The van der Waals surface area contributed by atoms with Crippen molar-refractivity contribution in [3.8, 4) is 0 Å². The van der Waals surface area contributed by atoms with Crippen LogP contribution in [0.4, 0.5) is 0 Å². The predicted octanol–water partition coefficient (Wildman–Crippen LogP) is 1.71. The van der Waals surface area contributed by atoms with E-state index in [0.29, 0.717) is 12.1 Å². The fourth-order valence-corrected chi connectivity index (χ4v) is 1.60. The minimum atomic E-state index is -0.182. The number of hydrogen-bond acceptors (Lipinski definition) is 3. The molecule has 4 nitrogen and oxygen atoms in total. The van der Waals surface area contributed by atoms with Gasteiger partial charge >= 0.3 is 0 Å². The summed E-state index contributed by atoms with van der Waals surface area (Å²) >= 11 is 0. The van der Waals surface area contributed by atoms with Gasteiger partial charge in [0.1, 0.15) is 6.26 Å². The number of carbonyl (C=O) groups is 1. The Morgan fingerprint density at radius 2 is 2.06 bits per heavy atom. The average molecular weight is 230 g/mol. The molecular weight excluding hydrogens is 216 g/mol. The minimum absolute atomic E-state index is 0.182. The predicted molar refractivity (Wildman–Crippen MR) is 64.4 cm³/mol. The molecule has 0 spiro atoms. The van der Waals surface area contributed by atoms with Gasteiger partial charge in [-0.05, 0) is 11.6 Å². The fourth-order valence-electron chi connectivity index (χ4n) is 1.60. The lowest BCUT2D eigenvalue weighted by molar-refractivity contribution is 0.0937. The van der Waals surface area contributed by atoms with Crippen LogP contribution >= 0.6 is 0 Å². The van der Waals surface area contributed by atoms with Gasteiger partial charge in [0.05, 0.1) is 17.9 Å². The summed E-state index contributed by atoms with van der Waals surface area (Å²) in [4.78, 5) is 11.8. The normalized spacial score (nSPS) is 12.1. The molecule has 0 saturated heterocycles. The number of nitrogens with one attached hydrogen (secondary N) is 1. The Kier molecular flexibility index (Phi) is 3.57. The summed E-state index contributed by atoms with van der Waals surface area (Å²) in [6.07, 6.45) is 2.88. The van der Waals surface area contributed by atoms with Gasteiger partial charge < -0.3 is 15.5 Å². The summed E-state index contributed by atoms with van der Waals surface area (Å²) < 4.78 is 4.86. The Bertz CT molecular complexity index is 465. The third kappa shape index (κ3) is 2.73. The lowest BCUT2D eigenvalue weighted by atomic mass is 10.1. The molecule has 17 heavy (non-hydrogen) atoms. The molecule has 2 rings (SSSR count). The van der Waals surface area contributed by atoms with Gasteiger partial charge in [0, 0.05) is 6.54 Å². The minimum Gasteiger partial charge on any atom is -0.472 e. The summed E-state index contributed by atoms with van der Waals surface area (Å²) in [5.41, 5.74) is 7.16. The van der Waals surface area contributed by atoms with Crippen molar-refractivity contribution in [1.82, 2.24) is 5.32 Å². The maximum absolute atomic E-state index is 11.8. The van der Waals surface area contributed by atoms with Gasteiger partial charge in [-0.1, -0.05) is 30.3 Å². The van der Waals surface area contributed by atoms with Crippen molar-refractivity contribution >= 4 is 5.91 Å². The quantitative estimate of drug-likeness (QED) is 0.840. The molecule has 0 aliphatic heterocycles. The van der Waals surface area contributed by atoms with Crippen molar-refractivity contribution in [2.45, 2.75) is 6.04 Å². The molecule has 1 unspecified atom stereocenters. The second-order valence-corrected chi connectivity index (χ2v) is 3.68. The number of carbonyl (C=O) groups excluding carboxylic acids is 1. The van der Waals surface area contributed by atoms with Crippen LogP contribution in [-0.4, -0.2) is 12.5 Å². The zero-order valence-electron chi connectivity index (χ0n) is 9.30. The first-order chi connectivity index (χ1) is 8.31. The number of amides is 1. The number of benzene rings is 1. The highest BCUT2D eigenvalue weighted by Crippen LogP contribution is 2.12. The first-order valence-electron chi connectivity index (χ1n) is 5.39. The molecule has 1 heterocycles. The fraction of sp³-hybridized carbons (Fsp3) is 0.154. The van der Waals surface area contributed by atoms with Gasteiger partial charge in [-0.25, -0.2) is 0 Å². The van der Waals surface area contributed by atoms with Crippen LogP contribution in [0.25, 0.3) is 0 Å². The van der Waals surface area contributed by atoms with Crippen molar-refractivity contribution in [2.75, 3.05) is 6.54 Å². The van der Waals surface area contributed by atoms with Crippen molar-refractivity contribution in [3.63, 3.8) is 0 Å². The van der Waals surface area contributed by atoms with Crippen LogP contribution in [0.5, 0.6) is 0 Å². The molecule has 0 aliphatic carbocycles. The number of nitrogens with two attached hydrogens (primary N) is 1. The van der Waals surface area contributed by atoms with E-state index in [1.807, 2.05) is 30.3 Å². The molecule has 0 fully saturated rings. The molecular formula is C13H14N2O2. The van der Waals surface area contributed by atoms with Crippen LogP contribution in [0.2, 0.25) is 0 Å². The van der Waals surface area contributed by atoms with Crippen LogP contribution in [-0.2, 0) is 0 Å². The molecule has 2 aromatic rings. The van der Waals surface area contributed by atoms with Crippen LogP contribution in [0.1, 0.15) is 22.0 Å². The maximum atomic E-state index is 11.8. The van der Waals surface area contributed by atoms with E-state index in [4.69, 9.17) is 10.2 Å². The van der Waals surface area contributed by atoms with Crippen LogP contribution < -0.4 is 11.1 Å². The summed E-state index contributed by atoms with van der Waals surface area (Å²) in [5, 5.41) is 2.86. The van der Waals surface area contributed by atoms with Crippen molar-refractivity contribution in [2.24, 2.45) is 5.73 Å². The maximum Gasteiger partial charge on any atom is 0.255 e. The van der Waals surface area contributed by atoms with E-state index in [-0.39, 0.29) is 11.9 Å². The van der Waals surface area contributed by atoms with Crippen LogP contribution in [0, 0.1) is 0 Å². The summed E-state index contributed by atoms with van der Waals surface area (Å²) in [5.74, 6) is -0.182. The van der Waals surface area contributed by atoms with E-state index < -0.39 is 0 Å². The van der Waals surface area contributed by atoms with E-state index in [0.717, 1.165) is 5.56 Å². The van der Waals surface area contributed by atoms with E-state index in [1.54, 1.807) is 6.07 Å². The zero-order valence-corrected chi connectivity index (χ0v) is 9.30. The molecule has 0 aliphatic rings. The van der Waals surface area contributed by atoms with Gasteiger partial charge in [-0.15, -0.1) is 0 Å². The van der Waals surface area contributed by atoms with Gasteiger partial charge in [0.2, 0.25) is 0 Å². The molecule has 88 valence electrons. The number of furan rings is 1. The SMILES string of the molecule is NCC(NC(=O)c1ccoc1)c1ccccc1. The molecule has 1 amide bonds. The molecule has 1 aromatic carbocycles. The summed E-state index contributed by atoms with van der Waals surface area (Å²) in [6, 6.07) is 11.1. The molecule has 0 radical (unpaired) electrons. The van der Waals surface area contributed by atoms with Gasteiger partial charge in [-0.3, -0.25) is 4.79 Å². The van der Waals surface area contributed by atoms with Gasteiger partial charge in [-0.2, -0.15) is 0 Å². The highest BCUT2D eigenvalue weighted by Gasteiger charge is 2.14. The Hall–Kier alpha value is -2.07. The number of rotatable bonds is 4. The monoisotopic (exact) mass is 230 g/mol. The molecule has 0 saturated carbocycles. The second kappa shape index (κ2) is 5.32. The topological polar surface area (TPSA) is 68.3 Å². The first kappa shape index (κ1) is 11.4. The highest BCUT2D eigenvalue weighted by molar-refractivity contribution is 5.94. The molecule has 3 N–H and O–H groups in total. The Labute approximate surface area is 99.4 Å². The van der Waals surface area contributed by atoms with Crippen molar-refractivity contribution in [3.05, 3.63) is 60.1 Å². The molecule has 0 bridgehead atoms. The third-order valence-corrected chi connectivity index (χ3v) is 2.53. The summed E-state index contributed by atoms with van der Waals surface area (Å²) in [6.45, 7) is 0.355. The molecule has 4 heteroatoms. The smallest absolute Gasteiger partial charge is 0.255 e. The van der Waals surface area contributed by atoms with Gasteiger partial charge in [0.25, 0.3) is 5.91 Å². The molecule has 1 aromatic heterocycles. The van der Waals surface area contributed by atoms with Crippen LogP contribution in [0.3, 0.4) is 0 Å².